The highest BCUT2D eigenvalue weighted by molar-refractivity contribution is 8.34. The predicted octanol–water partition coefficient (Wildman–Crippen LogP) is 3.42. The van der Waals surface area contributed by atoms with Gasteiger partial charge >= 0.3 is 0 Å². The summed E-state index contributed by atoms with van der Waals surface area (Å²) in [7, 11) is 0. The van der Waals surface area contributed by atoms with Crippen molar-refractivity contribution in [3.05, 3.63) is 0 Å². The van der Waals surface area contributed by atoms with Crippen molar-refractivity contribution in [3.63, 3.8) is 0 Å². The molecule has 0 nitrogen and oxygen atoms in total. The van der Waals surface area contributed by atoms with E-state index in [-0.39, 0.29) is 0 Å². The maximum Gasteiger partial charge on any atom is 0.0959 e. The van der Waals surface area contributed by atoms with Gasteiger partial charge in [0.05, 0.1) is 3.91 Å². The second-order valence-electron chi connectivity index (χ2n) is 3.16. The van der Waals surface area contributed by atoms with Crippen LogP contribution in [0.25, 0.3) is 0 Å². The molecule has 2 aliphatic rings. The van der Waals surface area contributed by atoms with Gasteiger partial charge in [-0.15, -0.1) is 35.3 Å². The van der Waals surface area contributed by atoms with Gasteiger partial charge in [-0.1, -0.05) is 12.8 Å². The topological polar surface area (TPSA) is 0 Å². The summed E-state index contributed by atoms with van der Waals surface area (Å²) < 4.78 is 0.850. The highest BCUT2D eigenvalue weighted by Gasteiger charge is 2.36. The number of hydrogen-bond donors (Lipinski definition) is 0. The van der Waals surface area contributed by atoms with Crippen molar-refractivity contribution in [2.75, 3.05) is 6.26 Å². The van der Waals surface area contributed by atoms with E-state index in [0.29, 0.717) is 0 Å². The maximum absolute atomic E-state index is 2.24. The van der Waals surface area contributed by atoms with Crippen LogP contribution >= 0.6 is 35.3 Å². The summed E-state index contributed by atoms with van der Waals surface area (Å²) >= 11 is 6.47. The molecule has 2 unspecified atom stereocenters. The molecule has 0 spiro atoms. The lowest BCUT2D eigenvalue weighted by molar-refractivity contribution is 0.532. The quantitative estimate of drug-likeness (QED) is 0.645. The summed E-state index contributed by atoms with van der Waals surface area (Å²) in [5.41, 5.74) is 0. The summed E-state index contributed by atoms with van der Waals surface area (Å²) in [6.07, 6.45) is 8.17. The molecule has 0 aromatic carbocycles. The van der Waals surface area contributed by atoms with Crippen molar-refractivity contribution in [2.24, 2.45) is 0 Å². The molecule has 3 heteroatoms. The molecule has 11 heavy (non-hydrogen) atoms. The van der Waals surface area contributed by atoms with Gasteiger partial charge in [-0.2, -0.15) is 0 Å². The Morgan fingerprint density at radius 1 is 1.09 bits per heavy atom. The van der Waals surface area contributed by atoms with E-state index in [2.05, 4.69) is 29.8 Å². The number of thioether (sulfide) groups is 3. The lowest BCUT2D eigenvalue weighted by Crippen LogP contribution is -2.19. The van der Waals surface area contributed by atoms with Gasteiger partial charge in [-0.05, 0) is 19.1 Å². The number of rotatable bonds is 1. The first-order valence-electron chi connectivity index (χ1n) is 4.24. The third-order valence-corrected chi connectivity index (χ3v) is 7.72. The van der Waals surface area contributed by atoms with Gasteiger partial charge in [0.1, 0.15) is 0 Å². The summed E-state index contributed by atoms with van der Waals surface area (Å²) in [6, 6.07) is 0. The van der Waals surface area contributed by atoms with Crippen LogP contribution in [-0.4, -0.2) is 20.7 Å². The van der Waals surface area contributed by atoms with Crippen molar-refractivity contribution in [1.82, 2.24) is 0 Å². The standard InChI is InChI=1S/C8H14S3/c1-9-8-10-6-4-2-3-5-7(6)11-8/h6-8H,2-5H2,1H3. The smallest absolute Gasteiger partial charge is 0.0959 e. The first-order valence-corrected chi connectivity index (χ1v) is 7.41. The molecule has 1 saturated heterocycles. The molecule has 1 saturated carbocycles. The van der Waals surface area contributed by atoms with E-state index in [1.54, 1.807) is 0 Å². The van der Waals surface area contributed by atoms with Crippen LogP contribution < -0.4 is 0 Å². The van der Waals surface area contributed by atoms with Crippen LogP contribution in [0.15, 0.2) is 0 Å². The first-order chi connectivity index (χ1) is 5.40. The molecular weight excluding hydrogens is 192 g/mol. The fraction of sp³-hybridized carbons (Fsp3) is 1.00. The molecule has 64 valence electrons. The van der Waals surface area contributed by atoms with Gasteiger partial charge < -0.3 is 0 Å². The normalized spacial score (nSPS) is 43.9. The lowest BCUT2D eigenvalue weighted by atomic mass is 10.00. The van der Waals surface area contributed by atoms with E-state index in [1.807, 2.05) is 11.8 Å². The van der Waals surface area contributed by atoms with Crippen LogP contribution in [0.4, 0.5) is 0 Å². The predicted molar refractivity (Wildman–Crippen MR) is 58.5 cm³/mol. The van der Waals surface area contributed by atoms with Gasteiger partial charge in [0, 0.05) is 10.5 Å². The summed E-state index contributed by atoms with van der Waals surface area (Å²) in [5.74, 6) is 0. The van der Waals surface area contributed by atoms with E-state index in [9.17, 15) is 0 Å². The Bertz CT molecular complexity index is 123. The van der Waals surface area contributed by atoms with Crippen molar-refractivity contribution < 1.29 is 0 Å². The van der Waals surface area contributed by atoms with E-state index < -0.39 is 0 Å². The molecular formula is C8H14S3. The van der Waals surface area contributed by atoms with Crippen molar-refractivity contribution in [1.29, 1.82) is 0 Å². The highest BCUT2D eigenvalue weighted by atomic mass is 32.3. The number of fused-ring (bicyclic) bond motifs is 1. The first kappa shape index (κ1) is 8.64. The van der Waals surface area contributed by atoms with E-state index in [1.165, 1.54) is 25.7 Å². The number of hydrogen-bond acceptors (Lipinski definition) is 3. The van der Waals surface area contributed by atoms with Crippen LogP contribution in [0, 0.1) is 0 Å². The fourth-order valence-corrected chi connectivity index (χ4v) is 6.84. The second kappa shape index (κ2) is 3.84. The zero-order chi connectivity index (χ0) is 7.68. The SMILES string of the molecule is CSC1SC2CCCCC2S1. The van der Waals surface area contributed by atoms with Crippen LogP contribution in [0.1, 0.15) is 25.7 Å². The minimum Gasteiger partial charge on any atom is -0.140 e. The molecule has 0 N–H and O–H groups in total. The van der Waals surface area contributed by atoms with Crippen LogP contribution in [0.5, 0.6) is 0 Å². The summed E-state index contributed by atoms with van der Waals surface area (Å²) in [5, 5.41) is 2.01. The van der Waals surface area contributed by atoms with E-state index in [4.69, 9.17) is 0 Å². The van der Waals surface area contributed by atoms with Gasteiger partial charge in [0.2, 0.25) is 0 Å². The Morgan fingerprint density at radius 3 is 2.09 bits per heavy atom. The van der Waals surface area contributed by atoms with Crippen molar-refractivity contribution in [3.8, 4) is 0 Å². The van der Waals surface area contributed by atoms with Crippen LogP contribution in [0.3, 0.4) is 0 Å². The highest BCUT2D eigenvalue weighted by Crippen LogP contribution is 2.52. The molecule has 0 bridgehead atoms. The molecule has 0 radical (unpaired) electrons. The molecule has 2 rings (SSSR count). The molecule has 0 aromatic rings. The van der Waals surface area contributed by atoms with Gasteiger partial charge in [0.25, 0.3) is 0 Å². The van der Waals surface area contributed by atoms with Crippen LogP contribution in [0.2, 0.25) is 0 Å². The zero-order valence-corrected chi connectivity index (χ0v) is 9.23. The second-order valence-corrected chi connectivity index (χ2v) is 7.69. The largest absolute Gasteiger partial charge is 0.140 e. The summed E-state index contributed by atoms with van der Waals surface area (Å²) in [6.45, 7) is 0. The van der Waals surface area contributed by atoms with Crippen molar-refractivity contribution >= 4 is 35.3 Å². The minimum absolute atomic E-state index is 0.850. The molecule has 0 aromatic heterocycles. The zero-order valence-electron chi connectivity index (χ0n) is 6.79. The average Bonchev–Trinajstić information content (AvgIpc) is 2.46. The third kappa shape index (κ3) is 1.86. The van der Waals surface area contributed by atoms with Crippen molar-refractivity contribution in [2.45, 2.75) is 40.1 Å². The monoisotopic (exact) mass is 206 g/mol. The average molecular weight is 206 g/mol. The molecule has 1 aliphatic heterocycles. The maximum atomic E-state index is 2.24. The molecule has 2 atom stereocenters. The van der Waals surface area contributed by atoms with Gasteiger partial charge in [-0.3, -0.25) is 0 Å². The van der Waals surface area contributed by atoms with Gasteiger partial charge in [-0.25, -0.2) is 0 Å². The Balaban J connectivity index is 1.92. The van der Waals surface area contributed by atoms with Gasteiger partial charge in [0.15, 0.2) is 0 Å². The van der Waals surface area contributed by atoms with Crippen LogP contribution in [-0.2, 0) is 0 Å². The minimum atomic E-state index is 0.850. The lowest BCUT2D eigenvalue weighted by Gasteiger charge is -2.22. The Kier molecular flexibility index (Phi) is 3.02. The Morgan fingerprint density at radius 2 is 1.64 bits per heavy atom. The van der Waals surface area contributed by atoms with E-state index >= 15 is 0 Å². The molecule has 1 aliphatic carbocycles. The molecule has 0 amide bonds. The molecule has 1 heterocycles. The fourth-order valence-electron chi connectivity index (χ4n) is 1.80. The Hall–Kier alpha value is 1.05. The molecule has 2 fully saturated rings. The summed E-state index contributed by atoms with van der Waals surface area (Å²) in [4.78, 5) is 0. The third-order valence-electron chi connectivity index (χ3n) is 2.41. The van der Waals surface area contributed by atoms with E-state index in [0.717, 1.165) is 14.4 Å². The Labute approximate surface area is 81.7 Å².